The van der Waals surface area contributed by atoms with Crippen LogP contribution in [-0.2, 0) is 47.7 Å². The number of fused-ring (bicyclic) bond motifs is 3. The molecule has 3 fully saturated rings. The summed E-state index contributed by atoms with van der Waals surface area (Å²) >= 11 is 0. The smallest absolute Gasteiger partial charge is 0.329 e. The number of aliphatic hydroxyl groups is 3. The molecule has 366 valence electrons. The molecule has 0 spiro atoms. The molecule has 4 rings (SSSR count). The molecule has 0 aromatic carbocycles. The van der Waals surface area contributed by atoms with Gasteiger partial charge in [0.05, 0.1) is 24.4 Å². The number of cyclic esters (lactones) is 1. The van der Waals surface area contributed by atoms with Crippen LogP contribution in [0.1, 0.15) is 157 Å². The van der Waals surface area contributed by atoms with Crippen molar-refractivity contribution in [2.24, 2.45) is 35.5 Å². The first-order valence-electron chi connectivity index (χ1n) is 24.5. The molecule has 64 heavy (non-hydrogen) atoms. The molecule has 3 aliphatic heterocycles. The third-order valence-corrected chi connectivity index (χ3v) is 15.2. The van der Waals surface area contributed by atoms with E-state index in [9.17, 15) is 39.3 Å². The Hall–Kier alpha value is -2.59. The number of ether oxygens (including phenoxy) is 5. The summed E-state index contributed by atoms with van der Waals surface area (Å²) in [7, 11) is 4.63. The SMILES string of the molecule is CO[C@H]1C[C@@H]2CC[C@@H](C)[C@@](O)(O2)C(=O)C(=O)N2CCCC[C@H]2C(=O)O[C@H]([C@H](C)C[C@H]2CC[C@@H](O)[C@H](OC)C2)CC(=O)[C@H](C)/C=C(\C)[C@@H](O)[C@@H](OC)C(=O)[C@H](C)CCCCCCCC1C. The van der Waals surface area contributed by atoms with Gasteiger partial charge in [-0.25, -0.2) is 4.79 Å². The first kappa shape index (κ1) is 54.0. The minimum atomic E-state index is -2.38. The maximum absolute atomic E-state index is 14.4. The number of ketones is 3. The van der Waals surface area contributed by atoms with Crippen LogP contribution < -0.4 is 0 Å². The van der Waals surface area contributed by atoms with E-state index in [4.69, 9.17) is 23.7 Å². The summed E-state index contributed by atoms with van der Waals surface area (Å²) in [5.41, 5.74) is 0.417. The van der Waals surface area contributed by atoms with Gasteiger partial charge in [0.15, 0.2) is 5.78 Å². The molecule has 2 bridgehead atoms. The van der Waals surface area contributed by atoms with E-state index in [0.717, 1.165) is 44.9 Å². The Balaban J connectivity index is 1.65. The highest BCUT2D eigenvalue weighted by molar-refractivity contribution is 6.39. The second kappa shape index (κ2) is 25.5. The first-order valence-corrected chi connectivity index (χ1v) is 24.5. The highest BCUT2D eigenvalue weighted by Crippen LogP contribution is 2.38. The summed E-state index contributed by atoms with van der Waals surface area (Å²) in [5.74, 6) is -7.40. The van der Waals surface area contributed by atoms with Gasteiger partial charge in [-0.05, 0) is 101 Å². The molecule has 4 aliphatic rings. The van der Waals surface area contributed by atoms with Crippen molar-refractivity contribution in [3.8, 4) is 0 Å². The molecule has 0 radical (unpaired) electrons. The summed E-state index contributed by atoms with van der Waals surface area (Å²) in [4.78, 5) is 71.7. The molecular formula is C50H83NO13. The minimum Gasteiger partial charge on any atom is -0.460 e. The lowest BCUT2D eigenvalue weighted by Crippen LogP contribution is -2.61. The third-order valence-electron chi connectivity index (χ3n) is 15.2. The predicted octanol–water partition coefficient (Wildman–Crippen LogP) is 6.46. The van der Waals surface area contributed by atoms with E-state index in [0.29, 0.717) is 63.4 Å². The van der Waals surface area contributed by atoms with Crippen molar-refractivity contribution in [2.45, 2.75) is 212 Å². The fourth-order valence-electron chi connectivity index (χ4n) is 10.6. The molecule has 1 amide bonds. The Labute approximate surface area is 382 Å². The number of piperidine rings is 1. The highest BCUT2D eigenvalue weighted by Gasteiger charge is 2.53. The second-order valence-corrected chi connectivity index (χ2v) is 20.1. The zero-order valence-corrected chi connectivity index (χ0v) is 40.5. The van der Waals surface area contributed by atoms with E-state index in [1.54, 1.807) is 41.1 Å². The lowest BCUT2D eigenvalue weighted by Gasteiger charge is -2.43. The highest BCUT2D eigenvalue weighted by atomic mass is 16.6. The number of amides is 1. The third kappa shape index (κ3) is 14.2. The lowest BCUT2D eigenvalue weighted by molar-refractivity contribution is -0.267. The van der Waals surface area contributed by atoms with E-state index < -0.39 is 71.8 Å². The fraction of sp³-hybridized carbons (Fsp3) is 0.860. The largest absolute Gasteiger partial charge is 0.460 e. The summed E-state index contributed by atoms with van der Waals surface area (Å²) in [5, 5.41) is 33.8. The molecule has 2 saturated heterocycles. The molecule has 1 unspecified atom stereocenters. The molecule has 1 aliphatic carbocycles. The average molecular weight is 906 g/mol. The summed E-state index contributed by atoms with van der Waals surface area (Å²) in [6, 6.07) is -1.12. The summed E-state index contributed by atoms with van der Waals surface area (Å²) < 4.78 is 29.5. The Morgan fingerprint density at radius 1 is 0.797 bits per heavy atom. The molecule has 0 aromatic rings. The Morgan fingerprint density at radius 3 is 2.12 bits per heavy atom. The first-order chi connectivity index (χ1) is 30.4. The van der Waals surface area contributed by atoms with Crippen molar-refractivity contribution in [2.75, 3.05) is 27.9 Å². The van der Waals surface area contributed by atoms with Crippen LogP contribution in [0.15, 0.2) is 11.6 Å². The standard InChI is InChI=1S/C50H83NO13/c1-30-17-13-11-10-12-14-18-31(2)44(54)46(62-9)45(55)34(5)25-32(3)40(53)29-42(33(4)26-36-21-23-39(52)43(27-36)61-8)63-49(58)38-19-15-16-24-51(38)48(57)47(56)50(59)35(6)20-22-37(64-50)28-41(30)60-7/h25,30-33,35-39,41-43,45-46,52,55,59H,10-24,26-29H2,1-9H3/b34-25+/t30?,31-,32-,33-,35-,36-,37+,38+,39-,41+,42+,43-,45-,46+,50-/m1/s1. The number of hydrogen-bond acceptors (Lipinski definition) is 13. The number of Topliss-reactive ketones (excluding diaryl/α,β-unsaturated/α-hetero) is 3. The van der Waals surface area contributed by atoms with Crippen molar-refractivity contribution < 1.29 is 63.0 Å². The van der Waals surface area contributed by atoms with Crippen LogP contribution in [0.3, 0.4) is 0 Å². The molecule has 14 heteroatoms. The van der Waals surface area contributed by atoms with E-state index in [1.165, 1.54) is 12.0 Å². The lowest BCUT2D eigenvalue weighted by atomic mass is 9.78. The van der Waals surface area contributed by atoms with Crippen LogP contribution in [0.5, 0.6) is 0 Å². The number of hydrogen-bond donors (Lipinski definition) is 3. The fourth-order valence-corrected chi connectivity index (χ4v) is 10.6. The van der Waals surface area contributed by atoms with Gasteiger partial charge in [-0.15, -0.1) is 0 Å². The van der Waals surface area contributed by atoms with Gasteiger partial charge in [-0.3, -0.25) is 19.2 Å². The summed E-state index contributed by atoms with van der Waals surface area (Å²) in [6.45, 7) is 11.1. The van der Waals surface area contributed by atoms with Crippen LogP contribution in [0, 0.1) is 35.5 Å². The number of carbonyl (C=O) groups excluding carboxylic acids is 5. The molecule has 3 N–H and O–H groups in total. The monoisotopic (exact) mass is 906 g/mol. The van der Waals surface area contributed by atoms with Crippen LogP contribution >= 0.6 is 0 Å². The Bertz CT molecular complexity index is 1570. The maximum Gasteiger partial charge on any atom is 0.329 e. The van der Waals surface area contributed by atoms with Crippen LogP contribution in [0.2, 0.25) is 0 Å². The number of allylic oxidation sites excluding steroid dienone is 1. The Morgan fingerprint density at radius 2 is 1.45 bits per heavy atom. The number of rotatable bonds is 6. The number of carbonyl (C=O) groups is 5. The van der Waals surface area contributed by atoms with Gasteiger partial charge in [0, 0.05) is 58.5 Å². The van der Waals surface area contributed by atoms with E-state index in [2.05, 4.69) is 6.92 Å². The molecule has 14 nitrogen and oxygen atoms in total. The molecule has 0 aromatic heterocycles. The van der Waals surface area contributed by atoms with Gasteiger partial charge in [-0.2, -0.15) is 0 Å². The van der Waals surface area contributed by atoms with Gasteiger partial charge < -0.3 is 43.9 Å². The van der Waals surface area contributed by atoms with Gasteiger partial charge in [0.25, 0.3) is 11.7 Å². The molecular weight excluding hydrogens is 823 g/mol. The topological polar surface area (TPSA) is 195 Å². The Kier molecular flexibility index (Phi) is 21.5. The molecule has 3 heterocycles. The number of aliphatic hydroxyl groups excluding tert-OH is 2. The second-order valence-electron chi connectivity index (χ2n) is 20.1. The van der Waals surface area contributed by atoms with Gasteiger partial charge in [0.1, 0.15) is 30.1 Å². The van der Waals surface area contributed by atoms with Gasteiger partial charge >= 0.3 is 5.97 Å². The number of methoxy groups -OCH3 is 3. The zero-order chi connectivity index (χ0) is 47.3. The number of esters is 1. The number of nitrogens with zero attached hydrogens (tertiary/aromatic N) is 1. The minimum absolute atomic E-state index is 0.108. The average Bonchev–Trinajstić information content (AvgIpc) is 3.28. The van der Waals surface area contributed by atoms with E-state index in [-0.39, 0.29) is 66.8 Å². The van der Waals surface area contributed by atoms with Gasteiger partial charge in [-0.1, -0.05) is 72.8 Å². The zero-order valence-electron chi connectivity index (χ0n) is 40.5. The van der Waals surface area contributed by atoms with Crippen LogP contribution in [-0.4, -0.2) is 132 Å². The predicted molar refractivity (Wildman–Crippen MR) is 241 cm³/mol. The quantitative estimate of drug-likeness (QED) is 0.149. The van der Waals surface area contributed by atoms with E-state index >= 15 is 0 Å². The summed E-state index contributed by atoms with van der Waals surface area (Å²) in [6.07, 6.45) is 8.31. The normalized spacial score (nSPS) is 39.6. The van der Waals surface area contributed by atoms with Crippen LogP contribution in [0.25, 0.3) is 0 Å². The molecule has 1 saturated carbocycles. The van der Waals surface area contributed by atoms with Crippen molar-refractivity contribution in [3.63, 3.8) is 0 Å². The van der Waals surface area contributed by atoms with Crippen LogP contribution in [0.4, 0.5) is 0 Å². The molecule has 15 atom stereocenters. The van der Waals surface area contributed by atoms with E-state index in [1.807, 2.05) is 13.8 Å². The van der Waals surface area contributed by atoms with Gasteiger partial charge in [0.2, 0.25) is 5.79 Å². The van der Waals surface area contributed by atoms with Crippen molar-refractivity contribution >= 4 is 29.2 Å². The van der Waals surface area contributed by atoms with Crippen molar-refractivity contribution in [3.05, 3.63) is 11.6 Å². The maximum atomic E-state index is 14.4. The van der Waals surface area contributed by atoms with Crippen molar-refractivity contribution in [1.29, 1.82) is 0 Å². The van der Waals surface area contributed by atoms with Crippen molar-refractivity contribution in [1.82, 2.24) is 4.90 Å².